The molecule has 1 aromatic heterocycles. The van der Waals surface area contributed by atoms with E-state index in [1.165, 1.54) is 18.5 Å². The first kappa shape index (κ1) is 16.0. The van der Waals surface area contributed by atoms with Gasteiger partial charge in [-0.05, 0) is 41.3 Å². The SMILES string of the molecule is C/C(=C\c1cccc(-c2cncnc2)c1)c1cccc(C(F)F)c1. The molecular weight excluding hydrogens is 306 g/mol. The summed E-state index contributed by atoms with van der Waals surface area (Å²) >= 11 is 0. The molecule has 3 aromatic rings. The Balaban J connectivity index is 1.92. The topological polar surface area (TPSA) is 25.8 Å². The predicted octanol–water partition coefficient (Wildman–Crippen LogP) is 5.64. The summed E-state index contributed by atoms with van der Waals surface area (Å²) in [4.78, 5) is 8.06. The summed E-state index contributed by atoms with van der Waals surface area (Å²) in [6.45, 7) is 1.92. The Morgan fingerprint density at radius 3 is 2.46 bits per heavy atom. The summed E-state index contributed by atoms with van der Waals surface area (Å²) in [6.07, 6.45) is 4.54. The zero-order chi connectivity index (χ0) is 16.9. The van der Waals surface area contributed by atoms with Gasteiger partial charge in [0, 0.05) is 23.5 Å². The van der Waals surface area contributed by atoms with Gasteiger partial charge in [0.15, 0.2) is 0 Å². The molecule has 0 bridgehead atoms. The van der Waals surface area contributed by atoms with Crippen LogP contribution in [0.2, 0.25) is 0 Å². The maximum Gasteiger partial charge on any atom is 0.263 e. The van der Waals surface area contributed by atoms with Crippen LogP contribution in [0.15, 0.2) is 67.3 Å². The predicted molar refractivity (Wildman–Crippen MR) is 92.4 cm³/mol. The highest BCUT2D eigenvalue weighted by Crippen LogP contribution is 2.25. The Morgan fingerprint density at radius 1 is 0.958 bits per heavy atom. The lowest BCUT2D eigenvalue weighted by Gasteiger charge is -2.06. The zero-order valence-electron chi connectivity index (χ0n) is 13.2. The molecule has 0 amide bonds. The Morgan fingerprint density at radius 2 is 1.71 bits per heavy atom. The first-order chi connectivity index (χ1) is 11.6. The summed E-state index contributed by atoms with van der Waals surface area (Å²) in [6, 6.07) is 14.4. The van der Waals surface area contributed by atoms with E-state index in [4.69, 9.17) is 0 Å². The number of nitrogens with zero attached hydrogens (tertiary/aromatic N) is 2. The molecule has 0 aliphatic rings. The minimum atomic E-state index is -2.46. The average Bonchev–Trinajstić information content (AvgIpc) is 2.63. The number of benzene rings is 2. The van der Waals surface area contributed by atoms with Gasteiger partial charge in [0.2, 0.25) is 0 Å². The van der Waals surface area contributed by atoms with E-state index in [0.29, 0.717) is 0 Å². The zero-order valence-corrected chi connectivity index (χ0v) is 13.2. The van der Waals surface area contributed by atoms with Crippen LogP contribution in [0.1, 0.15) is 30.0 Å². The van der Waals surface area contributed by atoms with Crippen molar-refractivity contribution in [1.29, 1.82) is 0 Å². The maximum absolute atomic E-state index is 12.8. The van der Waals surface area contributed by atoms with Crippen molar-refractivity contribution >= 4 is 11.6 Å². The van der Waals surface area contributed by atoms with Gasteiger partial charge in [-0.15, -0.1) is 0 Å². The van der Waals surface area contributed by atoms with Crippen molar-refractivity contribution in [1.82, 2.24) is 9.97 Å². The van der Waals surface area contributed by atoms with E-state index in [1.807, 2.05) is 43.3 Å². The number of hydrogen-bond acceptors (Lipinski definition) is 2. The van der Waals surface area contributed by atoms with Crippen LogP contribution in [0.4, 0.5) is 8.78 Å². The largest absolute Gasteiger partial charge is 0.263 e. The highest BCUT2D eigenvalue weighted by atomic mass is 19.3. The molecule has 4 heteroatoms. The van der Waals surface area contributed by atoms with E-state index in [2.05, 4.69) is 9.97 Å². The quantitative estimate of drug-likeness (QED) is 0.581. The van der Waals surface area contributed by atoms with E-state index in [1.54, 1.807) is 18.5 Å². The van der Waals surface area contributed by atoms with Crippen molar-refractivity contribution < 1.29 is 8.78 Å². The van der Waals surface area contributed by atoms with Gasteiger partial charge >= 0.3 is 0 Å². The molecule has 0 aliphatic heterocycles. The second-order valence-electron chi connectivity index (χ2n) is 5.51. The van der Waals surface area contributed by atoms with Crippen LogP contribution < -0.4 is 0 Å². The van der Waals surface area contributed by atoms with Crippen molar-refractivity contribution in [3.63, 3.8) is 0 Å². The van der Waals surface area contributed by atoms with Crippen molar-refractivity contribution in [2.24, 2.45) is 0 Å². The molecule has 1 heterocycles. The van der Waals surface area contributed by atoms with E-state index in [0.717, 1.165) is 27.8 Å². The van der Waals surface area contributed by atoms with E-state index in [9.17, 15) is 8.78 Å². The van der Waals surface area contributed by atoms with Gasteiger partial charge in [0.1, 0.15) is 6.33 Å². The summed E-state index contributed by atoms with van der Waals surface area (Å²) in [5.74, 6) is 0. The first-order valence-corrected chi connectivity index (χ1v) is 7.56. The molecule has 0 unspecified atom stereocenters. The van der Waals surface area contributed by atoms with Crippen LogP contribution in [0.25, 0.3) is 22.8 Å². The fraction of sp³-hybridized carbons (Fsp3) is 0.100. The third-order valence-corrected chi connectivity index (χ3v) is 3.76. The molecule has 0 N–H and O–H groups in total. The highest BCUT2D eigenvalue weighted by molar-refractivity contribution is 5.81. The monoisotopic (exact) mass is 322 g/mol. The molecule has 0 fully saturated rings. The molecule has 120 valence electrons. The third-order valence-electron chi connectivity index (χ3n) is 3.76. The smallest absolute Gasteiger partial charge is 0.244 e. The third kappa shape index (κ3) is 3.71. The Bertz CT molecular complexity index is 858. The number of rotatable bonds is 4. The van der Waals surface area contributed by atoms with Crippen LogP contribution >= 0.6 is 0 Å². The van der Waals surface area contributed by atoms with E-state index < -0.39 is 6.43 Å². The first-order valence-electron chi connectivity index (χ1n) is 7.56. The average molecular weight is 322 g/mol. The highest BCUT2D eigenvalue weighted by Gasteiger charge is 2.07. The fourth-order valence-electron chi connectivity index (χ4n) is 2.51. The molecule has 24 heavy (non-hydrogen) atoms. The van der Waals surface area contributed by atoms with Crippen molar-refractivity contribution in [2.75, 3.05) is 0 Å². The molecule has 0 radical (unpaired) electrons. The Hall–Kier alpha value is -2.88. The van der Waals surface area contributed by atoms with Crippen molar-refractivity contribution in [3.8, 4) is 11.1 Å². The number of hydrogen-bond donors (Lipinski definition) is 0. The van der Waals surface area contributed by atoms with E-state index >= 15 is 0 Å². The molecule has 2 nitrogen and oxygen atoms in total. The van der Waals surface area contributed by atoms with Gasteiger partial charge < -0.3 is 0 Å². The normalized spacial score (nSPS) is 11.8. The molecule has 0 saturated carbocycles. The lowest BCUT2D eigenvalue weighted by Crippen LogP contribution is -1.87. The van der Waals surface area contributed by atoms with Gasteiger partial charge in [0.25, 0.3) is 6.43 Å². The Labute approximate surface area is 139 Å². The van der Waals surface area contributed by atoms with Crippen molar-refractivity contribution in [2.45, 2.75) is 13.3 Å². The molecular formula is C20H16F2N2. The molecule has 0 spiro atoms. The van der Waals surface area contributed by atoms with Gasteiger partial charge in [-0.2, -0.15) is 0 Å². The lowest BCUT2D eigenvalue weighted by atomic mass is 10.0. The summed E-state index contributed by atoms with van der Waals surface area (Å²) in [7, 11) is 0. The number of allylic oxidation sites excluding steroid dienone is 1. The molecule has 0 saturated heterocycles. The minimum absolute atomic E-state index is 0.0374. The maximum atomic E-state index is 12.8. The second-order valence-corrected chi connectivity index (χ2v) is 5.51. The summed E-state index contributed by atoms with van der Waals surface area (Å²) < 4.78 is 25.7. The molecule has 0 atom stereocenters. The van der Waals surface area contributed by atoms with Gasteiger partial charge in [-0.1, -0.05) is 42.5 Å². The number of halogens is 2. The molecule has 3 rings (SSSR count). The van der Waals surface area contributed by atoms with Gasteiger partial charge in [-0.25, -0.2) is 18.7 Å². The summed E-state index contributed by atoms with van der Waals surface area (Å²) in [5.41, 5.74) is 4.70. The molecule has 0 aliphatic carbocycles. The van der Waals surface area contributed by atoms with E-state index in [-0.39, 0.29) is 5.56 Å². The van der Waals surface area contributed by atoms with Gasteiger partial charge in [-0.3, -0.25) is 0 Å². The fourth-order valence-corrected chi connectivity index (χ4v) is 2.51. The van der Waals surface area contributed by atoms with Gasteiger partial charge in [0.05, 0.1) is 0 Å². The lowest BCUT2D eigenvalue weighted by molar-refractivity contribution is 0.151. The van der Waals surface area contributed by atoms with Crippen LogP contribution in [0, 0.1) is 0 Å². The minimum Gasteiger partial charge on any atom is -0.244 e. The second kappa shape index (κ2) is 7.13. The molecule has 2 aromatic carbocycles. The number of alkyl halides is 2. The standard InChI is InChI=1S/C20H16F2N2/c1-14(16-5-3-7-18(10-16)20(21)22)8-15-4-2-6-17(9-15)19-11-23-13-24-12-19/h2-13,20H,1H3/b14-8+. The van der Waals surface area contributed by atoms with Crippen LogP contribution in [0.5, 0.6) is 0 Å². The summed E-state index contributed by atoms with van der Waals surface area (Å²) in [5, 5.41) is 0. The van der Waals surface area contributed by atoms with Crippen LogP contribution in [-0.4, -0.2) is 9.97 Å². The van der Waals surface area contributed by atoms with Crippen LogP contribution in [-0.2, 0) is 0 Å². The van der Waals surface area contributed by atoms with Crippen LogP contribution in [0.3, 0.4) is 0 Å². The van der Waals surface area contributed by atoms with Crippen molar-refractivity contribution in [3.05, 3.63) is 83.9 Å². The Kier molecular flexibility index (Phi) is 4.75. The number of aromatic nitrogens is 2.